The number of benzene rings is 4. The van der Waals surface area contributed by atoms with Crippen molar-refractivity contribution in [2.24, 2.45) is 0 Å². The van der Waals surface area contributed by atoms with Crippen molar-refractivity contribution in [3.8, 4) is 5.75 Å². The minimum Gasteiger partial charge on any atom is -0.490 e. The number of H-pyrrole nitrogens is 1. The van der Waals surface area contributed by atoms with Crippen LogP contribution in [0.2, 0.25) is 0 Å². The van der Waals surface area contributed by atoms with Gasteiger partial charge in [-0.1, -0.05) is 48.9 Å². The first-order valence-electron chi connectivity index (χ1n) is 15.0. The van der Waals surface area contributed by atoms with E-state index in [2.05, 4.69) is 116 Å². The molecule has 7 aromatic rings. The molecule has 0 bridgehead atoms. The second kappa shape index (κ2) is 14.6. The van der Waals surface area contributed by atoms with Crippen molar-refractivity contribution in [3.63, 3.8) is 0 Å². The number of ether oxygens (including phenoxy) is 1. The summed E-state index contributed by atoms with van der Waals surface area (Å²) in [7, 11) is 0. The first kappa shape index (κ1) is 33.5. The van der Waals surface area contributed by atoms with Gasteiger partial charge in [0.05, 0.1) is 26.3 Å². The van der Waals surface area contributed by atoms with Gasteiger partial charge in [-0.25, -0.2) is 9.97 Å². The summed E-state index contributed by atoms with van der Waals surface area (Å²) in [5, 5.41) is 2.34. The molecule has 45 heavy (non-hydrogen) atoms. The molecule has 4 aromatic carbocycles. The monoisotopic (exact) mass is 619 g/mol. The van der Waals surface area contributed by atoms with E-state index in [1.54, 1.807) is 11.3 Å². The molecule has 1 N–H and O–H groups in total. The minimum atomic E-state index is 0. The average molecular weight is 620 g/mol. The van der Waals surface area contributed by atoms with Gasteiger partial charge in [0.1, 0.15) is 29.0 Å². The third kappa shape index (κ3) is 8.83. The summed E-state index contributed by atoms with van der Waals surface area (Å²) in [4.78, 5) is 11.9. The number of aromatic amines is 1. The molecule has 0 aliphatic carbocycles. The van der Waals surface area contributed by atoms with Gasteiger partial charge in [0.2, 0.25) is 0 Å². The van der Waals surface area contributed by atoms with Crippen LogP contribution in [0.25, 0.3) is 32.2 Å². The Morgan fingerprint density at radius 2 is 1.38 bits per heavy atom. The fraction of sp³-hybridized carbons (Fsp3) is 0.282. The molecule has 1 aliphatic heterocycles. The van der Waals surface area contributed by atoms with Crippen LogP contribution in [-0.2, 0) is 6.42 Å². The first-order chi connectivity index (χ1) is 21.0. The quantitative estimate of drug-likeness (QED) is 0.183. The smallest absolute Gasteiger partial charge is 0.134 e. The van der Waals surface area contributed by atoms with Crippen LogP contribution < -0.4 is 4.74 Å². The van der Waals surface area contributed by atoms with Crippen molar-refractivity contribution in [3.05, 3.63) is 123 Å². The lowest BCUT2D eigenvalue weighted by Crippen LogP contribution is -2.05. The zero-order chi connectivity index (χ0) is 31.4. The van der Waals surface area contributed by atoms with Crippen molar-refractivity contribution in [1.82, 2.24) is 15.0 Å². The molecule has 0 fully saturated rings. The molecule has 4 heterocycles. The van der Waals surface area contributed by atoms with Gasteiger partial charge in [0, 0.05) is 11.8 Å². The number of aromatic nitrogens is 3. The summed E-state index contributed by atoms with van der Waals surface area (Å²) in [6.45, 7) is 16.5. The average Bonchev–Trinajstić information content (AvgIpc) is 3.71. The van der Waals surface area contributed by atoms with Gasteiger partial charge in [0.15, 0.2) is 0 Å². The number of nitrogens with one attached hydrogen (secondary N) is 1. The third-order valence-electron chi connectivity index (χ3n) is 7.25. The van der Waals surface area contributed by atoms with Crippen LogP contribution in [0.1, 0.15) is 58.8 Å². The largest absolute Gasteiger partial charge is 0.490 e. The summed E-state index contributed by atoms with van der Waals surface area (Å²) >= 11 is 1.75. The molecule has 3 aromatic heterocycles. The molecule has 1 unspecified atom stereocenters. The Labute approximate surface area is 271 Å². The Kier molecular flexibility index (Phi) is 10.8. The number of nitrogens with zero attached hydrogens (tertiary/aromatic N) is 2. The van der Waals surface area contributed by atoms with Crippen LogP contribution in [0.15, 0.2) is 83.3 Å². The Morgan fingerprint density at radius 3 is 2.18 bits per heavy atom. The van der Waals surface area contributed by atoms with Crippen molar-refractivity contribution in [2.45, 2.75) is 75.3 Å². The number of hydrogen-bond acceptors (Lipinski definition) is 5. The van der Waals surface area contributed by atoms with E-state index in [-0.39, 0.29) is 7.43 Å². The summed E-state index contributed by atoms with van der Waals surface area (Å²) in [5.74, 6) is 3.03. The molecule has 0 saturated carbocycles. The van der Waals surface area contributed by atoms with Crippen molar-refractivity contribution >= 4 is 43.6 Å². The lowest BCUT2D eigenvalue weighted by atomic mass is 10.1. The van der Waals surface area contributed by atoms with E-state index in [1.807, 2.05) is 32.9 Å². The normalized spacial score (nSPS) is 13.0. The fourth-order valence-corrected chi connectivity index (χ4v) is 6.06. The molecule has 5 nitrogen and oxygen atoms in total. The molecule has 0 saturated heterocycles. The van der Waals surface area contributed by atoms with E-state index in [9.17, 15) is 0 Å². The van der Waals surface area contributed by atoms with Crippen molar-refractivity contribution < 1.29 is 9.15 Å². The van der Waals surface area contributed by atoms with Crippen molar-refractivity contribution in [1.29, 1.82) is 0 Å². The summed E-state index contributed by atoms with van der Waals surface area (Å²) < 4.78 is 12.3. The Morgan fingerprint density at radius 1 is 0.711 bits per heavy atom. The molecule has 1 atom stereocenters. The summed E-state index contributed by atoms with van der Waals surface area (Å²) in [6, 6.07) is 27.2. The van der Waals surface area contributed by atoms with Crippen LogP contribution in [0.3, 0.4) is 0 Å². The molecule has 6 heteroatoms. The molecule has 234 valence electrons. The molecular weight excluding hydrogens is 575 g/mol. The van der Waals surface area contributed by atoms with Gasteiger partial charge in [-0.05, 0) is 121 Å². The standard InChI is InChI=1S/C10H12O.C10H10O.C9H10N2.C9H9NS.CH4/c2*1-7-3-4-10-9(5-7)6-8(2)11-10;1-6-3-4-8-9(5-6)11-7(2)10-8;1-6-3-4-9-8(5-6)10-7(2)11-9;/h3-5,8H,6H2,1-2H3;3-6H,1-2H3;3-5H,1-2H3,(H,10,11);3-5H,1-2H3;1H4. The van der Waals surface area contributed by atoms with Crippen LogP contribution in [0.4, 0.5) is 0 Å². The lowest BCUT2D eigenvalue weighted by Gasteiger charge is -2.01. The fourth-order valence-electron chi connectivity index (χ4n) is 5.25. The third-order valence-corrected chi connectivity index (χ3v) is 8.20. The number of thiazole rings is 1. The van der Waals surface area contributed by atoms with E-state index in [0.717, 1.165) is 50.9 Å². The van der Waals surface area contributed by atoms with Crippen LogP contribution in [0, 0.1) is 48.5 Å². The maximum Gasteiger partial charge on any atom is 0.134 e. The Bertz CT molecular complexity index is 1850. The lowest BCUT2D eigenvalue weighted by molar-refractivity contribution is 0.254. The van der Waals surface area contributed by atoms with Crippen molar-refractivity contribution in [2.75, 3.05) is 0 Å². The number of hydrogen-bond donors (Lipinski definition) is 1. The molecule has 0 amide bonds. The second-order valence-corrected chi connectivity index (χ2v) is 12.9. The van der Waals surface area contributed by atoms with E-state index in [1.165, 1.54) is 37.9 Å². The van der Waals surface area contributed by atoms with Gasteiger partial charge in [-0.15, -0.1) is 11.3 Å². The predicted octanol–water partition coefficient (Wildman–Crippen LogP) is 11.1. The van der Waals surface area contributed by atoms with E-state index in [4.69, 9.17) is 9.15 Å². The highest BCUT2D eigenvalue weighted by Gasteiger charge is 2.17. The zero-order valence-corrected chi connectivity index (χ0v) is 27.7. The van der Waals surface area contributed by atoms with Gasteiger partial charge in [-0.2, -0.15) is 0 Å². The number of aryl methyl sites for hydroxylation is 7. The highest BCUT2D eigenvalue weighted by molar-refractivity contribution is 7.18. The number of fused-ring (bicyclic) bond motifs is 4. The Hall–Kier alpha value is -4.42. The van der Waals surface area contributed by atoms with Gasteiger partial charge >= 0.3 is 0 Å². The topological polar surface area (TPSA) is 63.9 Å². The van der Waals surface area contributed by atoms with Crippen LogP contribution in [0.5, 0.6) is 5.75 Å². The number of imidazole rings is 1. The molecule has 1 aliphatic rings. The number of furan rings is 1. The van der Waals surface area contributed by atoms with Gasteiger partial charge in [0.25, 0.3) is 0 Å². The van der Waals surface area contributed by atoms with E-state index in [0.29, 0.717) is 6.10 Å². The minimum absolute atomic E-state index is 0. The molecule has 8 rings (SSSR count). The second-order valence-electron chi connectivity index (χ2n) is 11.7. The maximum atomic E-state index is 5.56. The van der Waals surface area contributed by atoms with Gasteiger partial charge < -0.3 is 14.1 Å². The molecular formula is C39H45N3O2S. The molecule has 0 radical (unpaired) electrons. The Balaban J connectivity index is 0.000000136. The maximum absolute atomic E-state index is 5.56. The first-order valence-corrected chi connectivity index (χ1v) is 15.8. The highest BCUT2D eigenvalue weighted by Crippen LogP contribution is 2.29. The molecule has 0 spiro atoms. The van der Waals surface area contributed by atoms with Crippen LogP contribution in [-0.4, -0.2) is 21.1 Å². The predicted molar refractivity (Wildman–Crippen MR) is 192 cm³/mol. The summed E-state index contributed by atoms with van der Waals surface area (Å²) in [5.41, 5.74) is 10.8. The van der Waals surface area contributed by atoms with E-state index < -0.39 is 0 Å². The van der Waals surface area contributed by atoms with E-state index >= 15 is 0 Å². The number of rotatable bonds is 0. The zero-order valence-electron chi connectivity index (χ0n) is 26.9. The van der Waals surface area contributed by atoms with Crippen LogP contribution >= 0.6 is 11.3 Å². The summed E-state index contributed by atoms with van der Waals surface area (Å²) in [6.07, 6.45) is 1.43. The SMILES string of the molecule is C.Cc1ccc2c(c1)CC(C)O2.Cc1ccc2nc(C)[nH]c2c1.Cc1ccc2oc(C)cc2c1.Cc1ccc2sc(C)nc2c1. The highest BCUT2D eigenvalue weighted by atomic mass is 32.1. The van der Waals surface area contributed by atoms with Gasteiger partial charge in [-0.3, -0.25) is 0 Å².